The second-order valence-electron chi connectivity index (χ2n) is 6.58. The minimum absolute atomic E-state index is 0.206. The zero-order valence-corrected chi connectivity index (χ0v) is 17.5. The third kappa shape index (κ3) is 3.92. The van der Waals surface area contributed by atoms with Crippen LogP contribution in [0.5, 0.6) is 0 Å². The molecule has 5 nitrogen and oxygen atoms in total. The molecule has 0 unspecified atom stereocenters. The molecule has 3 aromatic carbocycles. The Morgan fingerprint density at radius 1 is 0.967 bits per heavy atom. The van der Waals surface area contributed by atoms with Gasteiger partial charge in [-0.1, -0.05) is 18.2 Å². The van der Waals surface area contributed by atoms with Gasteiger partial charge in [-0.05, 0) is 66.0 Å². The molecule has 152 valence electrons. The number of rotatable bonds is 5. The van der Waals surface area contributed by atoms with Crippen LogP contribution in [-0.4, -0.2) is 21.4 Å². The molecule has 1 aromatic heterocycles. The first-order valence-electron chi connectivity index (χ1n) is 8.99. The number of nitrogens with one attached hydrogen (secondary N) is 1. The van der Waals surface area contributed by atoms with Crippen molar-refractivity contribution in [2.75, 3.05) is 16.7 Å². The second kappa shape index (κ2) is 7.89. The first kappa shape index (κ1) is 20.1. The summed E-state index contributed by atoms with van der Waals surface area (Å²) in [7, 11) is -2.19. The number of thiophene rings is 1. The van der Waals surface area contributed by atoms with E-state index in [-0.39, 0.29) is 16.6 Å². The van der Waals surface area contributed by atoms with Gasteiger partial charge >= 0.3 is 0 Å². The molecule has 0 atom stereocenters. The molecule has 0 spiro atoms. The minimum atomic E-state index is -3.69. The number of carbonyl (C=O) groups excluding carboxylic acids is 1. The van der Waals surface area contributed by atoms with E-state index in [1.165, 1.54) is 47.0 Å². The Bertz CT molecular complexity index is 1320. The summed E-state index contributed by atoms with van der Waals surface area (Å²) < 4.78 is 40.8. The topological polar surface area (TPSA) is 66.5 Å². The van der Waals surface area contributed by atoms with Crippen molar-refractivity contribution >= 4 is 48.7 Å². The van der Waals surface area contributed by atoms with E-state index >= 15 is 0 Å². The van der Waals surface area contributed by atoms with E-state index < -0.39 is 10.0 Å². The highest BCUT2D eigenvalue weighted by molar-refractivity contribution is 7.92. The Hall–Kier alpha value is -3.23. The number of carbonyl (C=O) groups is 1. The van der Waals surface area contributed by atoms with Gasteiger partial charge in [0.15, 0.2) is 0 Å². The van der Waals surface area contributed by atoms with Gasteiger partial charge in [0.25, 0.3) is 15.9 Å². The van der Waals surface area contributed by atoms with Gasteiger partial charge in [-0.2, -0.15) is 0 Å². The van der Waals surface area contributed by atoms with Crippen LogP contribution in [0.15, 0.2) is 83.8 Å². The van der Waals surface area contributed by atoms with Crippen molar-refractivity contribution in [2.24, 2.45) is 0 Å². The van der Waals surface area contributed by atoms with Gasteiger partial charge in [-0.15, -0.1) is 11.3 Å². The molecule has 1 amide bonds. The van der Waals surface area contributed by atoms with Crippen molar-refractivity contribution in [1.29, 1.82) is 0 Å². The van der Waals surface area contributed by atoms with Gasteiger partial charge in [0.2, 0.25) is 0 Å². The number of anilines is 2. The van der Waals surface area contributed by atoms with Gasteiger partial charge < -0.3 is 5.32 Å². The van der Waals surface area contributed by atoms with Crippen LogP contribution in [-0.2, 0) is 10.0 Å². The highest BCUT2D eigenvalue weighted by Crippen LogP contribution is 2.31. The van der Waals surface area contributed by atoms with Crippen LogP contribution >= 0.6 is 11.3 Å². The second-order valence-corrected chi connectivity index (χ2v) is 9.63. The summed E-state index contributed by atoms with van der Waals surface area (Å²) >= 11 is 1.30. The zero-order valence-electron chi connectivity index (χ0n) is 15.9. The quantitative estimate of drug-likeness (QED) is 0.469. The maximum absolute atomic E-state index is 13.0. The minimum Gasteiger partial charge on any atom is -0.321 e. The Kier molecular flexibility index (Phi) is 5.27. The fourth-order valence-corrected chi connectivity index (χ4v) is 5.10. The van der Waals surface area contributed by atoms with Crippen LogP contribution < -0.4 is 9.62 Å². The van der Waals surface area contributed by atoms with Gasteiger partial charge in [-0.3, -0.25) is 9.10 Å². The van der Waals surface area contributed by atoms with Crippen LogP contribution in [0.3, 0.4) is 0 Å². The van der Waals surface area contributed by atoms with Gasteiger partial charge in [0.1, 0.15) is 5.82 Å². The van der Waals surface area contributed by atoms with Crippen molar-refractivity contribution in [3.63, 3.8) is 0 Å². The molecule has 30 heavy (non-hydrogen) atoms. The first-order chi connectivity index (χ1) is 14.3. The Balaban J connectivity index is 1.61. The molecule has 0 saturated heterocycles. The van der Waals surface area contributed by atoms with E-state index in [2.05, 4.69) is 5.32 Å². The van der Waals surface area contributed by atoms with Crippen LogP contribution in [0.1, 0.15) is 9.67 Å². The number of nitrogens with zero attached hydrogens (tertiary/aromatic N) is 1. The fraction of sp³-hybridized carbons (Fsp3) is 0.0455. The molecule has 1 heterocycles. The number of amides is 1. The zero-order chi connectivity index (χ0) is 21.3. The van der Waals surface area contributed by atoms with Gasteiger partial charge in [-0.25, -0.2) is 12.8 Å². The van der Waals surface area contributed by atoms with Crippen LogP contribution in [0.2, 0.25) is 0 Å². The Morgan fingerprint density at radius 3 is 2.37 bits per heavy atom. The summed E-state index contributed by atoms with van der Waals surface area (Å²) in [5, 5.41) is 3.49. The third-order valence-electron chi connectivity index (χ3n) is 4.59. The van der Waals surface area contributed by atoms with E-state index in [0.717, 1.165) is 10.1 Å². The highest BCUT2D eigenvalue weighted by Gasteiger charge is 2.21. The fourth-order valence-electron chi connectivity index (χ4n) is 2.95. The van der Waals surface area contributed by atoms with E-state index in [0.29, 0.717) is 16.3 Å². The third-order valence-corrected chi connectivity index (χ3v) is 7.51. The molecule has 4 rings (SSSR count). The number of hydrogen-bond donors (Lipinski definition) is 1. The predicted octanol–water partition coefficient (Wildman–Crippen LogP) is 5.12. The van der Waals surface area contributed by atoms with Gasteiger partial charge in [0.05, 0.1) is 15.5 Å². The smallest absolute Gasteiger partial charge is 0.265 e. The maximum Gasteiger partial charge on any atom is 0.265 e. The molecule has 4 aromatic rings. The van der Waals surface area contributed by atoms with Crippen LogP contribution in [0.25, 0.3) is 10.1 Å². The normalized spacial score (nSPS) is 11.4. The molecule has 1 N–H and O–H groups in total. The predicted molar refractivity (Wildman–Crippen MR) is 118 cm³/mol. The lowest BCUT2D eigenvalue weighted by Gasteiger charge is -2.19. The van der Waals surface area contributed by atoms with E-state index in [1.807, 2.05) is 0 Å². The van der Waals surface area contributed by atoms with Crippen molar-refractivity contribution in [3.05, 3.63) is 89.6 Å². The molecule has 0 aliphatic rings. The highest BCUT2D eigenvalue weighted by atomic mass is 32.2. The average molecular weight is 441 g/mol. The summed E-state index contributed by atoms with van der Waals surface area (Å²) in [6, 6.07) is 20.7. The number of benzene rings is 3. The van der Waals surface area contributed by atoms with Gasteiger partial charge in [0, 0.05) is 17.4 Å². The van der Waals surface area contributed by atoms with E-state index in [9.17, 15) is 17.6 Å². The molecule has 0 bridgehead atoms. The molecule has 0 saturated carbocycles. The Labute approximate surface area is 177 Å². The van der Waals surface area contributed by atoms with Crippen molar-refractivity contribution in [3.8, 4) is 0 Å². The lowest BCUT2D eigenvalue weighted by Crippen LogP contribution is -2.26. The van der Waals surface area contributed by atoms with Crippen LogP contribution in [0.4, 0.5) is 15.8 Å². The number of halogens is 1. The summed E-state index contributed by atoms with van der Waals surface area (Å²) in [6.45, 7) is 0. The SMILES string of the molecule is CN(c1ccc2sc(C(=O)Nc3ccc(F)cc3)cc2c1)S(=O)(=O)c1ccccc1. The van der Waals surface area contributed by atoms with Crippen molar-refractivity contribution < 1.29 is 17.6 Å². The molecule has 8 heteroatoms. The summed E-state index contributed by atoms with van der Waals surface area (Å²) in [4.78, 5) is 13.2. The lowest BCUT2D eigenvalue weighted by atomic mass is 10.2. The van der Waals surface area contributed by atoms with E-state index in [4.69, 9.17) is 0 Å². The molecule has 0 fully saturated rings. The van der Waals surface area contributed by atoms with Crippen molar-refractivity contribution in [2.45, 2.75) is 4.90 Å². The van der Waals surface area contributed by atoms with Crippen LogP contribution in [0, 0.1) is 5.82 Å². The average Bonchev–Trinajstić information content (AvgIpc) is 3.19. The summed E-state index contributed by atoms with van der Waals surface area (Å²) in [6.07, 6.45) is 0. The number of sulfonamides is 1. The largest absolute Gasteiger partial charge is 0.321 e. The molecule has 0 aliphatic carbocycles. The number of fused-ring (bicyclic) bond motifs is 1. The first-order valence-corrected chi connectivity index (χ1v) is 11.2. The molecule has 0 radical (unpaired) electrons. The number of hydrogen-bond acceptors (Lipinski definition) is 4. The van der Waals surface area contributed by atoms with E-state index in [1.54, 1.807) is 54.6 Å². The Morgan fingerprint density at radius 2 is 1.67 bits per heavy atom. The molecule has 0 aliphatic heterocycles. The molecular weight excluding hydrogens is 423 g/mol. The van der Waals surface area contributed by atoms with Crippen molar-refractivity contribution in [1.82, 2.24) is 0 Å². The monoisotopic (exact) mass is 440 g/mol. The maximum atomic E-state index is 13.0. The molecular formula is C22H17FN2O3S2. The lowest BCUT2D eigenvalue weighted by molar-refractivity contribution is 0.103. The summed E-state index contributed by atoms with van der Waals surface area (Å²) in [5.74, 6) is -0.688. The standard InChI is InChI=1S/C22H17FN2O3S2/c1-25(30(27,28)19-5-3-2-4-6-19)18-11-12-20-15(13-18)14-21(29-20)22(26)24-17-9-7-16(23)8-10-17/h2-14H,1H3,(H,24,26). The summed E-state index contributed by atoms with van der Waals surface area (Å²) in [5.41, 5.74) is 0.989.